The van der Waals surface area contributed by atoms with E-state index in [9.17, 15) is 23.7 Å². The van der Waals surface area contributed by atoms with Crippen LogP contribution in [0.2, 0.25) is 0 Å². The molecule has 0 saturated heterocycles. The highest BCUT2D eigenvalue weighted by atomic mass is 19.3. The van der Waals surface area contributed by atoms with Crippen LogP contribution in [0.25, 0.3) is 0 Å². The van der Waals surface area contributed by atoms with Crippen molar-refractivity contribution >= 4 is 5.69 Å². The zero-order valence-corrected chi connectivity index (χ0v) is 7.49. The summed E-state index contributed by atoms with van der Waals surface area (Å²) in [5.74, 6) is -0.709. The Morgan fingerprint density at radius 1 is 1.60 bits per heavy atom. The molecule has 0 radical (unpaired) electrons. The van der Waals surface area contributed by atoms with Crippen molar-refractivity contribution in [3.63, 3.8) is 0 Å². The van der Waals surface area contributed by atoms with Gasteiger partial charge in [-0.1, -0.05) is 0 Å². The second-order valence-corrected chi connectivity index (χ2v) is 2.51. The molecule has 1 aromatic rings. The number of nitrogens with zero attached hydrogens (tertiary/aromatic N) is 1. The fraction of sp³-hybridized carbons (Fsp3) is 0.286. The van der Waals surface area contributed by atoms with Crippen LogP contribution in [0.3, 0.4) is 0 Å². The molecule has 0 amide bonds. The molecule has 1 heterocycles. The predicted molar refractivity (Wildman–Crippen MR) is 45.2 cm³/mol. The summed E-state index contributed by atoms with van der Waals surface area (Å²) >= 11 is 0. The Labute approximate surface area is 81.6 Å². The number of aromatic nitrogens is 1. The number of alkyl halides is 2. The molecule has 0 spiro atoms. The lowest BCUT2D eigenvalue weighted by molar-refractivity contribution is -0.387. The van der Waals surface area contributed by atoms with Crippen LogP contribution in [0, 0.1) is 10.1 Å². The van der Waals surface area contributed by atoms with Gasteiger partial charge < -0.3 is 9.72 Å². The van der Waals surface area contributed by atoms with E-state index in [0.717, 1.165) is 7.11 Å². The number of aromatic amines is 1. The van der Waals surface area contributed by atoms with Gasteiger partial charge in [0, 0.05) is 6.20 Å². The standard InChI is InChI=1S/C7H6F2N2O4/c1-15-5-3(6(8)9)2-10-7(12)4(5)11(13)14/h2,6H,1H3,(H,10,12). The van der Waals surface area contributed by atoms with Gasteiger partial charge in [0.15, 0.2) is 0 Å². The van der Waals surface area contributed by atoms with Crippen molar-refractivity contribution in [2.24, 2.45) is 0 Å². The van der Waals surface area contributed by atoms with Gasteiger partial charge in [0.2, 0.25) is 5.75 Å². The lowest BCUT2D eigenvalue weighted by Crippen LogP contribution is -2.14. The monoisotopic (exact) mass is 220 g/mol. The summed E-state index contributed by atoms with van der Waals surface area (Å²) < 4.78 is 29.2. The number of hydrogen-bond donors (Lipinski definition) is 1. The smallest absolute Gasteiger partial charge is 0.375 e. The van der Waals surface area contributed by atoms with Crippen LogP contribution in [0.15, 0.2) is 11.0 Å². The third-order valence-electron chi connectivity index (χ3n) is 1.67. The minimum atomic E-state index is -2.96. The molecule has 0 aliphatic rings. The Balaban J connectivity index is 3.54. The zero-order chi connectivity index (χ0) is 11.6. The Hall–Kier alpha value is -1.99. The molecule has 0 saturated carbocycles. The largest absolute Gasteiger partial charge is 0.490 e. The maximum Gasteiger partial charge on any atom is 0.375 e. The zero-order valence-electron chi connectivity index (χ0n) is 7.49. The van der Waals surface area contributed by atoms with Crippen molar-refractivity contribution in [1.29, 1.82) is 0 Å². The van der Waals surface area contributed by atoms with Crippen LogP contribution in [-0.4, -0.2) is 17.0 Å². The van der Waals surface area contributed by atoms with E-state index >= 15 is 0 Å². The van der Waals surface area contributed by atoms with Gasteiger partial charge in [-0.15, -0.1) is 0 Å². The van der Waals surface area contributed by atoms with Crippen LogP contribution < -0.4 is 10.3 Å². The van der Waals surface area contributed by atoms with Gasteiger partial charge >= 0.3 is 11.2 Å². The first-order valence-electron chi connectivity index (χ1n) is 3.71. The third-order valence-corrected chi connectivity index (χ3v) is 1.67. The van der Waals surface area contributed by atoms with E-state index in [2.05, 4.69) is 4.74 Å². The molecular weight excluding hydrogens is 214 g/mol. The van der Waals surface area contributed by atoms with Gasteiger partial charge in [0.05, 0.1) is 17.6 Å². The van der Waals surface area contributed by atoms with Gasteiger partial charge in [-0.05, 0) is 0 Å². The van der Waals surface area contributed by atoms with Crippen molar-refractivity contribution < 1.29 is 18.4 Å². The molecule has 0 unspecified atom stereocenters. The maximum absolute atomic E-state index is 12.4. The highest BCUT2D eigenvalue weighted by molar-refractivity contribution is 5.49. The molecule has 1 aromatic heterocycles. The van der Waals surface area contributed by atoms with Gasteiger partial charge in [-0.3, -0.25) is 14.9 Å². The van der Waals surface area contributed by atoms with Crippen molar-refractivity contribution in [1.82, 2.24) is 4.98 Å². The molecule has 1 N–H and O–H groups in total. The number of nitro groups is 1. The van der Waals surface area contributed by atoms with Crippen LogP contribution in [0.5, 0.6) is 5.75 Å². The van der Waals surface area contributed by atoms with E-state index < -0.39 is 33.9 Å². The number of pyridine rings is 1. The van der Waals surface area contributed by atoms with Crippen LogP contribution in [0.1, 0.15) is 12.0 Å². The van der Waals surface area contributed by atoms with Gasteiger partial charge in [-0.2, -0.15) is 0 Å². The van der Waals surface area contributed by atoms with Crippen LogP contribution >= 0.6 is 0 Å². The van der Waals surface area contributed by atoms with E-state index in [-0.39, 0.29) is 0 Å². The van der Waals surface area contributed by atoms with E-state index in [1.54, 1.807) is 0 Å². The lowest BCUT2D eigenvalue weighted by Gasteiger charge is -2.06. The Morgan fingerprint density at radius 2 is 2.20 bits per heavy atom. The van der Waals surface area contributed by atoms with Crippen molar-refractivity contribution in [2.45, 2.75) is 6.43 Å². The van der Waals surface area contributed by atoms with E-state index in [4.69, 9.17) is 0 Å². The first kappa shape index (κ1) is 11.1. The summed E-state index contributed by atoms with van der Waals surface area (Å²) in [4.78, 5) is 22.2. The average molecular weight is 220 g/mol. The molecule has 82 valence electrons. The van der Waals surface area contributed by atoms with E-state index in [1.165, 1.54) is 0 Å². The van der Waals surface area contributed by atoms with Crippen molar-refractivity contribution in [3.8, 4) is 5.75 Å². The van der Waals surface area contributed by atoms with Crippen molar-refractivity contribution in [3.05, 3.63) is 32.2 Å². The van der Waals surface area contributed by atoms with Gasteiger partial charge in [-0.25, -0.2) is 8.78 Å². The number of hydrogen-bond acceptors (Lipinski definition) is 4. The second-order valence-electron chi connectivity index (χ2n) is 2.51. The van der Waals surface area contributed by atoms with Crippen molar-refractivity contribution in [2.75, 3.05) is 7.11 Å². The Kier molecular flexibility index (Phi) is 2.98. The fourth-order valence-corrected chi connectivity index (χ4v) is 1.06. The second kappa shape index (κ2) is 4.03. The highest BCUT2D eigenvalue weighted by Gasteiger charge is 2.27. The number of H-pyrrole nitrogens is 1. The molecule has 15 heavy (non-hydrogen) atoms. The summed E-state index contributed by atoms with van der Waals surface area (Å²) in [7, 11) is 0.980. The average Bonchev–Trinajstić information content (AvgIpc) is 2.15. The number of ether oxygens (including phenoxy) is 1. The molecule has 0 bridgehead atoms. The topological polar surface area (TPSA) is 85.2 Å². The molecule has 0 aliphatic carbocycles. The maximum atomic E-state index is 12.4. The van der Waals surface area contributed by atoms with E-state index in [0.29, 0.717) is 6.20 Å². The summed E-state index contributed by atoms with van der Waals surface area (Å²) in [5, 5.41) is 10.4. The molecule has 0 aliphatic heterocycles. The normalized spacial score (nSPS) is 10.4. The van der Waals surface area contributed by atoms with Crippen LogP contribution in [-0.2, 0) is 0 Å². The number of rotatable bonds is 3. The molecule has 8 heteroatoms. The summed E-state index contributed by atoms with van der Waals surface area (Å²) in [6.07, 6.45) is -2.27. The molecule has 0 atom stereocenters. The fourth-order valence-electron chi connectivity index (χ4n) is 1.06. The minimum absolute atomic E-state index is 0.693. The van der Waals surface area contributed by atoms with Crippen LogP contribution in [0.4, 0.5) is 14.5 Å². The molecule has 1 rings (SSSR count). The van der Waals surface area contributed by atoms with E-state index in [1.807, 2.05) is 4.98 Å². The summed E-state index contributed by atoms with van der Waals surface area (Å²) in [6.45, 7) is 0. The Morgan fingerprint density at radius 3 is 2.60 bits per heavy atom. The third kappa shape index (κ3) is 1.92. The number of nitrogens with one attached hydrogen (secondary N) is 1. The molecule has 0 fully saturated rings. The molecular formula is C7H6F2N2O4. The quantitative estimate of drug-likeness (QED) is 0.613. The van der Waals surface area contributed by atoms with Gasteiger partial charge in [0.1, 0.15) is 0 Å². The first-order chi connectivity index (χ1) is 6.99. The molecule has 0 aromatic carbocycles. The highest BCUT2D eigenvalue weighted by Crippen LogP contribution is 2.33. The Bertz CT molecular complexity index is 443. The predicted octanol–water partition coefficient (Wildman–Crippen LogP) is 1.23. The summed E-state index contributed by atoms with van der Waals surface area (Å²) in [6, 6.07) is 0. The minimum Gasteiger partial charge on any atom is -0.490 e. The number of methoxy groups -OCH3 is 1. The molecule has 6 nitrogen and oxygen atoms in total. The summed E-state index contributed by atoms with van der Waals surface area (Å²) in [5.41, 5.74) is -2.82. The SMILES string of the molecule is COc1c(C(F)F)c[nH]c(=O)c1[N+](=O)[O-]. The lowest BCUT2D eigenvalue weighted by atomic mass is 10.2. The first-order valence-corrected chi connectivity index (χ1v) is 3.71. The van der Waals surface area contributed by atoms with Gasteiger partial charge in [0.25, 0.3) is 6.43 Å². The number of halogens is 2.